The van der Waals surface area contributed by atoms with Crippen molar-refractivity contribution in [2.45, 2.75) is 51.6 Å². The number of rotatable bonds is 7. The van der Waals surface area contributed by atoms with Crippen LogP contribution in [-0.2, 0) is 4.79 Å². The predicted octanol–water partition coefficient (Wildman–Crippen LogP) is 2.81. The third kappa shape index (κ3) is 5.17. The number of benzene rings is 1. The Hall–Kier alpha value is -3.49. The zero-order chi connectivity index (χ0) is 22.5. The number of piperidine rings is 1. The molecule has 31 heavy (non-hydrogen) atoms. The number of amides is 2. The van der Waals surface area contributed by atoms with Gasteiger partial charge in [-0.3, -0.25) is 9.59 Å². The van der Waals surface area contributed by atoms with E-state index in [1.165, 1.54) is 11.6 Å². The molecule has 3 rings (SSSR count). The Balaban J connectivity index is 1.82. The quantitative estimate of drug-likeness (QED) is 0.585. The van der Waals surface area contributed by atoms with Gasteiger partial charge >= 0.3 is 0 Å². The maximum atomic E-state index is 12.1. The third-order valence-electron chi connectivity index (χ3n) is 5.52. The number of aromatic nitrogens is 3. The minimum absolute atomic E-state index is 0.0429. The van der Waals surface area contributed by atoms with Crippen LogP contribution in [0.3, 0.4) is 0 Å². The number of hydrogen-bond acceptors (Lipinski definition) is 7. The van der Waals surface area contributed by atoms with Gasteiger partial charge in [-0.1, -0.05) is 32.6 Å². The van der Waals surface area contributed by atoms with Crippen LogP contribution in [0.2, 0.25) is 0 Å². The van der Waals surface area contributed by atoms with Gasteiger partial charge in [0.15, 0.2) is 11.5 Å². The molecule has 1 saturated heterocycles. The summed E-state index contributed by atoms with van der Waals surface area (Å²) in [7, 11) is 0. The van der Waals surface area contributed by atoms with E-state index in [0.29, 0.717) is 12.5 Å². The van der Waals surface area contributed by atoms with Crippen molar-refractivity contribution in [2.75, 3.05) is 17.2 Å². The largest absolute Gasteiger partial charge is 0.364 e. The molecule has 2 amide bonds. The van der Waals surface area contributed by atoms with E-state index in [2.05, 4.69) is 46.2 Å². The normalized spacial score (nSPS) is 18.5. The lowest BCUT2D eigenvalue weighted by Gasteiger charge is -2.39. The van der Waals surface area contributed by atoms with Gasteiger partial charge in [0, 0.05) is 24.3 Å². The second kappa shape index (κ2) is 9.55. The molecule has 0 saturated carbocycles. The summed E-state index contributed by atoms with van der Waals surface area (Å²) in [6, 6.07) is 7.73. The van der Waals surface area contributed by atoms with E-state index < -0.39 is 5.91 Å². The number of anilines is 3. The van der Waals surface area contributed by atoms with Crippen LogP contribution in [0.15, 0.2) is 36.9 Å². The summed E-state index contributed by atoms with van der Waals surface area (Å²) in [5.74, 6) is 0.0774. The van der Waals surface area contributed by atoms with Gasteiger partial charge < -0.3 is 21.3 Å². The Morgan fingerprint density at radius 3 is 2.58 bits per heavy atom. The highest BCUT2D eigenvalue weighted by Crippen LogP contribution is 2.24. The van der Waals surface area contributed by atoms with Gasteiger partial charge in [0.2, 0.25) is 11.9 Å². The van der Waals surface area contributed by atoms with E-state index in [9.17, 15) is 9.59 Å². The minimum Gasteiger partial charge on any atom is -0.364 e. The Kier molecular flexibility index (Phi) is 6.84. The molecule has 4 N–H and O–H groups in total. The molecule has 9 nitrogen and oxygen atoms in total. The van der Waals surface area contributed by atoms with Crippen molar-refractivity contribution < 1.29 is 9.59 Å². The SMILES string of the molecule is C=CC(=O)N1CCCC(Nc2nnc(C(N)=O)c(Nc3ccc(C(C)C)cc3)n2)[C@@H]1C. The van der Waals surface area contributed by atoms with E-state index in [0.717, 1.165) is 18.5 Å². The molecule has 0 spiro atoms. The van der Waals surface area contributed by atoms with Crippen LogP contribution < -0.4 is 16.4 Å². The summed E-state index contributed by atoms with van der Waals surface area (Å²) in [6.45, 7) is 10.5. The summed E-state index contributed by atoms with van der Waals surface area (Å²) in [6.07, 6.45) is 3.02. The van der Waals surface area contributed by atoms with E-state index in [4.69, 9.17) is 5.73 Å². The standard InChI is InChI=1S/C22H29N7O2/c1-5-18(30)29-12-6-7-17(14(29)4)25-22-26-21(19(20(23)31)27-28-22)24-16-10-8-15(9-11-16)13(2)3/h5,8-11,13-14,17H,1,6-7,12H2,2-4H3,(H2,23,31)(H2,24,25,26,28)/t14-,17?/m0/s1. The summed E-state index contributed by atoms with van der Waals surface area (Å²) in [4.78, 5) is 30.1. The van der Waals surface area contributed by atoms with E-state index in [-0.39, 0.29) is 35.5 Å². The van der Waals surface area contributed by atoms with Crippen LogP contribution in [0.5, 0.6) is 0 Å². The van der Waals surface area contributed by atoms with Crippen molar-refractivity contribution in [1.82, 2.24) is 20.1 Å². The van der Waals surface area contributed by atoms with Gasteiger partial charge in [0.25, 0.3) is 5.91 Å². The minimum atomic E-state index is -0.721. The molecular weight excluding hydrogens is 394 g/mol. The van der Waals surface area contributed by atoms with Crippen LogP contribution in [0.4, 0.5) is 17.5 Å². The highest BCUT2D eigenvalue weighted by atomic mass is 16.2. The van der Waals surface area contributed by atoms with Gasteiger partial charge in [-0.15, -0.1) is 10.2 Å². The van der Waals surface area contributed by atoms with Crippen molar-refractivity contribution in [3.63, 3.8) is 0 Å². The Labute approximate surface area is 182 Å². The highest BCUT2D eigenvalue weighted by Gasteiger charge is 2.30. The number of hydrogen-bond donors (Lipinski definition) is 3. The van der Waals surface area contributed by atoms with Crippen molar-refractivity contribution in [3.8, 4) is 0 Å². The molecule has 9 heteroatoms. The molecule has 1 aliphatic heterocycles. The maximum Gasteiger partial charge on any atom is 0.273 e. The van der Waals surface area contributed by atoms with Gasteiger partial charge in [-0.25, -0.2) is 0 Å². The third-order valence-corrected chi connectivity index (χ3v) is 5.52. The summed E-state index contributed by atoms with van der Waals surface area (Å²) in [5, 5.41) is 14.4. The number of carbonyl (C=O) groups is 2. The number of nitrogens with one attached hydrogen (secondary N) is 2. The predicted molar refractivity (Wildman–Crippen MR) is 120 cm³/mol. The lowest BCUT2D eigenvalue weighted by Crippen LogP contribution is -2.51. The van der Waals surface area contributed by atoms with E-state index in [1.807, 2.05) is 31.2 Å². The zero-order valence-electron chi connectivity index (χ0n) is 18.1. The molecule has 2 atom stereocenters. The number of nitrogens with zero attached hydrogens (tertiary/aromatic N) is 4. The first kappa shape index (κ1) is 22.2. The molecule has 1 aromatic carbocycles. The molecule has 0 aliphatic carbocycles. The molecule has 0 bridgehead atoms. The number of likely N-dealkylation sites (tertiary alicyclic amines) is 1. The second-order valence-corrected chi connectivity index (χ2v) is 7.97. The second-order valence-electron chi connectivity index (χ2n) is 7.97. The van der Waals surface area contributed by atoms with Gasteiger partial charge in [0.05, 0.1) is 0 Å². The lowest BCUT2D eigenvalue weighted by molar-refractivity contribution is -0.129. The summed E-state index contributed by atoms with van der Waals surface area (Å²) in [5.41, 5.74) is 7.38. The molecular formula is C22H29N7O2. The van der Waals surface area contributed by atoms with E-state index in [1.54, 1.807) is 4.90 Å². The topological polar surface area (TPSA) is 126 Å². The summed E-state index contributed by atoms with van der Waals surface area (Å²) < 4.78 is 0. The molecule has 0 radical (unpaired) electrons. The fourth-order valence-electron chi connectivity index (χ4n) is 3.66. The fourth-order valence-corrected chi connectivity index (χ4v) is 3.66. The summed E-state index contributed by atoms with van der Waals surface area (Å²) >= 11 is 0. The lowest BCUT2D eigenvalue weighted by atomic mass is 9.97. The van der Waals surface area contributed by atoms with Crippen molar-refractivity contribution in [2.24, 2.45) is 5.73 Å². The van der Waals surface area contributed by atoms with Gasteiger partial charge in [-0.05, 0) is 49.5 Å². The van der Waals surface area contributed by atoms with Crippen molar-refractivity contribution in [3.05, 3.63) is 48.2 Å². The average Bonchev–Trinajstić information content (AvgIpc) is 2.75. The van der Waals surface area contributed by atoms with Gasteiger partial charge in [-0.2, -0.15) is 4.98 Å². The molecule has 164 valence electrons. The number of primary amides is 1. The highest BCUT2D eigenvalue weighted by molar-refractivity contribution is 5.96. The van der Waals surface area contributed by atoms with Crippen LogP contribution in [0.25, 0.3) is 0 Å². The molecule has 1 fully saturated rings. The molecule has 1 aromatic heterocycles. The average molecular weight is 424 g/mol. The number of nitrogens with two attached hydrogens (primary N) is 1. The van der Waals surface area contributed by atoms with Crippen molar-refractivity contribution >= 4 is 29.3 Å². The van der Waals surface area contributed by atoms with Crippen molar-refractivity contribution in [1.29, 1.82) is 0 Å². The van der Waals surface area contributed by atoms with Crippen LogP contribution in [0.1, 0.15) is 55.6 Å². The first-order valence-corrected chi connectivity index (χ1v) is 10.4. The van der Waals surface area contributed by atoms with E-state index >= 15 is 0 Å². The monoisotopic (exact) mass is 423 g/mol. The molecule has 1 aliphatic rings. The molecule has 2 heterocycles. The smallest absolute Gasteiger partial charge is 0.273 e. The first-order chi connectivity index (χ1) is 14.8. The van der Waals surface area contributed by atoms with Crippen LogP contribution in [-0.4, -0.2) is 50.5 Å². The van der Waals surface area contributed by atoms with Gasteiger partial charge in [0.1, 0.15) is 0 Å². The maximum absolute atomic E-state index is 12.1. The molecule has 2 aromatic rings. The van der Waals surface area contributed by atoms with Crippen LogP contribution >= 0.6 is 0 Å². The zero-order valence-corrected chi connectivity index (χ0v) is 18.1. The fraction of sp³-hybridized carbons (Fsp3) is 0.409. The first-order valence-electron chi connectivity index (χ1n) is 10.4. The van der Waals surface area contributed by atoms with Crippen LogP contribution in [0, 0.1) is 0 Å². The Morgan fingerprint density at radius 2 is 1.97 bits per heavy atom. The Bertz CT molecular complexity index is 959. The molecule has 1 unspecified atom stereocenters. The Morgan fingerprint density at radius 1 is 1.26 bits per heavy atom. The number of carbonyl (C=O) groups excluding carboxylic acids is 2.